The predicted molar refractivity (Wildman–Crippen MR) is 102 cm³/mol. The Balaban J connectivity index is 1.71. The molecule has 0 fully saturated rings. The number of aryl methyl sites for hydroxylation is 1. The summed E-state index contributed by atoms with van der Waals surface area (Å²) >= 11 is 0. The Kier molecular flexibility index (Phi) is 5.19. The van der Waals surface area contributed by atoms with E-state index in [1.54, 1.807) is 25.2 Å². The number of likely N-dealkylation sites (N-methyl/N-ethyl adjacent to an activating group) is 1. The van der Waals surface area contributed by atoms with Gasteiger partial charge in [0.15, 0.2) is 0 Å². The van der Waals surface area contributed by atoms with Crippen molar-refractivity contribution in [3.8, 4) is 0 Å². The molecule has 1 aliphatic heterocycles. The van der Waals surface area contributed by atoms with E-state index >= 15 is 0 Å². The molecular weight excluding hydrogens is 332 g/mol. The van der Waals surface area contributed by atoms with Gasteiger partial charge in [0.05, 0.1) is 4.90 Å². The van der Waals surface area contributed by atoms with Crippen LogP contribution in [-0.2, 0) is 10.0 Å². The quantitative estimate of drug-likeness (QED) is 0.773. The van der Waals surface area contributed by atoms with Gasteiger partial charge >= 0.3 is 0 Å². The fourth-order valence-electron chi connectivity index (χ4n) is 3.65. The van der Waals surface area contributed by atoms with Crippen LogP contribution in [-0.4, -0.2) is 49.8 Å². The molecule has 1 aromatic rings. The Morgan fingerprint density at radius 2 is 1.88 bits per heavy atom. The van der Waals surface area contributed by atoms with Crippen LogP contribution in [0.3, 0.4) is 0 Å². The van der Waals surface area contributed by atoms with Crippen molar-refractivity contribution in [3.63, 3.8) is 0 Å². The smallest absolute Gasteiger partial charge is 0.243 e. The molecule has 1 aromatic carbocycles. The zero-order chi connectivity index (χ0) is 18.2. The third-order valence-electron chi connectivity index (χ3n) is 5.58. The second kappa shape index (κ2) is 7.06. The SMILES string of the molecule is CC1=C(C)CN([C@H]2C=C[C@@H](N(C)S(=O)(=O)c3cccc(C)c3)C2)CC1. The third kappa shape index (κ3) is 3.73. The van der Waals surface area contributed by atoms with E-state index in [4.69, 9.17) is 0 Å². The van der Waals surface area contributed by atoms with Crippen molar-refractivity contribution >= 4 is 10.0 Å². The first-order chi connectivity index (χ1) is 11.8. The monoisotopic (exact) mass is 360 g/mol. The van der Waals surface area contributed by atoms with Crippen LogP contribution >= 0.6 is 0 Å². The van der Waals surface area contributed by atoms with Crippen LogP contribution in [0.5, 0.6) is 0 Å². The van der Waals surface area contributed by atoms with Gasteiger partial charge in [0, 0.05) is 32.2 Å². The Morgan fingerprint density at radius 1 is 1.12 bits per heavy atom. The van der Waals surface area contributed by atoms with Crippen molar-refractivity contribution in [1.29, 1.82) is 0 Å². The largest absolute Gasteiger partial charge is 0.293 e. The molecule has 0 N–H and O–H groups in total. The minimum absolute atomic E-state index is 0.0807. The maximum absolute atomic E-state index is 12.9. The van der Waals surface area contributed by atoms with Crippen LogP contribution in [0.4, 0.5) is 0 Å². The van der Waals surface area contributed by atoms with Gasteiger partial charge in [-0.25, -0.2) is 8.42 Å². The molecule has 5 heteroatoms. The highest BCUT2D eigenvalue weighted by molar-refractivity contribution is 7.89. The second-order valence-electron chi connectivity index (χ2n) is 7.37. The summed E-state index contributed by atoms with van der Waals surface area (Å²) in [5.74, 6) is 0. The first kappa shape index (κ1) is 18.4. The summed E-state index contributed by atoms with van der Waals surface area (Å²) in [4.78, 5) is 2.84. The molecule has 0 amide bonds. The summed E-state index contributed by atoms with van der Waals surface area (Å²) in [5.41, 5.74) is 3.90. The molecule has 2 aliphatic rings. The molecule has 0 unspecified atom stereocenters. The summed E-state index contributed by atoms with van der Waals surface area (Å²) in [5, 5.41) is 0. The van der Waals surface area contributed by atoms with Gasteiger partial charge in [-0.1, -0.05) is 35.4 Å². The van der Waals surface area contributed by atoms with Crippen molar-refractivity contribution in [2.75, 3.05) is 20.1 Å². The van der Waals surface area contributed by atoms with Crippen molar-refractivity contribution in [1.82, 2.24) is 9.21 Å². The van der Waals surface area contributed by atoms with Crippen molar-refractivity contribution in [3.05, 3.63) is 53.1 Å². The van der Waals surface area contributed by atoms with Gasteiger partial charge in [-0.3, -0.25) is 4.90 Å². The molecular formula is C20H28N2O2S. The van der Waals surface area contributed by atoms with Gasteiger partial charge in [-0.2, -0.15) is 4.31 Å². The van der Waals surface area contributed by atoms with E-state index in [1.165, 1.54) is 15.5 Å². The van der Waals surface area contributed by atoms with Crippen LogP contribution in [0, 0.1) is 6.92 Å². The maximum Gasteiger partial charge on any atom is 0.243 e. The normalized spacial score (nSPS) is 25.2. The van der Waals surface area contributed by atoms with Crippen LogP contribution in [0.15, 0.2) is 52.5 Å². The highest BCUT2D eigenvalue weighted by Gasteiger charge is 2.33. The minimum atomic E-state index is -3.46. The lowest BCUT2D eigenvalue weighted by atomic mass is 10.0. The number of hydrogen-bond acceptors (Lipinski definition) is 3. The molecule has 0 saturated heterocycles. The fourth-order valence-corrected chi connectivity index (χ4v) is 5.08. The number of hydrogen-bond donors (Lipinski definition) is 0. The minimum Gasteiger partial charge on any atom is -0.293 e. The van der Waals surface area contributed by atoms with E-state index < -0.39 is 10.0 Å². The molecule has 136 valence electrons. The summed E-state index contributed by atoms with van der Waals surface area (Å²) in [6.07, 6.45) is 6.17. The van der Waals surface area contributed by atoms with E-state index in [9.17, 15) is 8.42 Å². The molecule has 4 nitrogen and oxygen atoms in total. The molecule has 3 rings (SSSR count). The summed E-state index contributed by atoms with van der Waals surface area (Å²) in [6, 6.07) is 7.37. The lowest BCUT2D eigenvalue weighted by Gasteiger charge is -2.34. The highest BCUT2D eigenvalue weighted by atomic mass is 32.2. The number of benzene rings is 1. The number of nitrogens with zero attached hydrogens (tertiary/aromatic N) is 2. The van der Waals surface area contributed by atoms with Gasteiger partial charge in [0.2, 0.25) is 10.0 Å². The zero-order valence-corrected chi connectivity index (χ0v) is 16.4. The van der Waals surface area contributed by atoms with Gasteiger partial charge in [-0.05, 0) is 51.3 Å². The van der Waals surface area contributed by atoms with Crippen LogP contribution in [0.1, 0.15) is 32.3 Å². The molecule has 0 radical (unpaired) electrons. The summed E-state index contributed by atoms with van der Waals surface area (Å²) in [6.45, 7) is 8.37. The Bertz CT molecular complexity index is 811. The van der Waals surface area contributed by atoms with Gasteiger partial charge in [0.1, 0.15) is 0 Å². The first-order valence-electron chi connectivity index (χ1n) is 8.91. The van der Waals surface area contributed by atoms with Crippen molar-refractivity contribution < 1.29 is 8.42 Å². The van der Waals surface area contributed by atoms with E-state index in [-0.39, 0.29) is 6.04 Å². The van der Waals surface area contributed by atoms with Crippen molar-refractivity contribution in [2.24, 2.45) is 0 Å². The first-order valence-corrected chi connectivity index (χ1v) is 10.4. The van der Waals surface area contributed by atoms with E-state index in [2.05, 4.69) is 30.9 Å². The topological polar surface area (TPSA) is 40.6 Å². The van der Waals surface area contributed by atoms with E-state index in [0.29, 0.717) is 10.9 Å². The highest BCUT2D eigenvalue weighted by Crippen LogP contribution is 2.28. The molecule has 0 bridgehead atoms. The molecule has 0 saturated carbocycles. The molecule has 0 aromatic heterocycles. The second-order valence-corrected chi connectivity index (χ2v) is 9.37. The lowest BCUT2D eigenvalue weighted by molar-refractivity contribution is 0.221. The Morgan fingerprint density at radius 3 is 2.56 bits per heavy atom. The Hall–Kier alpha value is -1.43. The fraction of sp³-hybridized carbons (Fsp3) is 0.500. The number of sulfonamides is 1. The van der Waals surface area contributed by atoms with E-state index in [0.717, 1.165) is 31.5 Å². The standard InChI is InChI=1S/C20H28N2O2S/c1-15-6-5-7-20(12-15)25(23,24)21(4)18-8-9-19(13-18)22-11-10-16(2)17(3)14-22/h5-9,12,18-19H,10-11,13-14H2,1-4H3/t18-,19+/m1/s1. The molecule has 2 atom stereocenters. The predicted octanol–water partition coefficient (Wildman–Crippen LogP) is 3.35. The lowest BCUT2D eigenvalue weighted by Crippen LogP contribution is -2.41. The average Bonchev–Trinajstić information content (AvgIpc) is 3.06. The molecule has 25 heavy (non-hydrogen) atoms. The van der Waals surface area contributed by atoms with Gasteiger partial charge in [0.25, 0.3) is 0 Å². The van der Waals surface area contributed by atoms with Crippen LogP contribution < -0.4 is 0 Å². The molecule has 1 aliphatic carbocycles. The summed E-state index contributed by atoms with van der Waals surface area (Å²) in [7, 11) is -1.77. The van der Waals surface area contributed by atoms with Gasteiger partial charge < -0.3 is 0 Å². The van der Waals surface area contributed by atoms with Gasteiger partial charge in [-0.15, -0.1) is 0 Å². The molecule has 1 heterocycles. The van der Waals surface area contributed by atoms with E-state index in [1.807, 2.05) is 13.0 Å². The average molecular weight is 361 g/mol. The number of rotatable bonds is 4. The van der Waals surface area contributed by atoms with Crippen LogP contribution in [0.25, 0.3) is 0 Å². The maximum atomic E-state index is 12.9. The molecule has 0 spiro atoms. The summed E-state index contributed by atoms with van der Waals surface area (Å²) < 4.78 is 27.4. The van der Waals surface area contributed by atoms with Crippen LogP contribution in [0.2, 0.25) is 0 Å². The van der Waals surface area contributed by atoms with Crippen molar-refractivity contribution in [2.45, 2.75) is 50.6 Å². The third-order valence-corrected chi connectivity index (χ3v) is 7.46. The Labute approximate surface area is 151 Å². The zero-order valence-electron chi connectivity index (χ0n) is 15.6.